The van der Waals surface area contributed by atoms with Gasteiger partial charge in [0.25, 0.3) is 0 Å². The molecule has 2 aromatic heterocycles. The number of halogens is 3. The second-order valence-electron chi connectivity index (χ2n) is 5.73. The Bertz CT molecular complexity index is 1230. The number of alkyl halides is 3. The molecule has 5 nitrogen and oxygen atoms in total. The minimum atomic E-state index is -6.09. The molecule has 144 valence electrons. The molecule has 2 aromatic carbocycles. The van der Waals surface area contributed by atoms with Crippen LogP contribution in [0.3, 0.4) is 0 Å². The van der Waals surface area contributed by atoms with E-state index in [1.54, 1.807) is 0 Å². The Kier molecular flexibility index (Phi) is 5.30. The van der Waals surface area contributed by atoms with Crippen molar-refractivity contribution in [3.8, 4) is 11.3 Å². The maximum absolute atomic E-state index is 10.7. The van der Waals surface area contributed by atoms with E-state index in [0.717, 1.165) is 27.7 Å². The maximum Gasteiger partial charge on any atom is 0.485 e. The zero-order chi connectivity index (χ0) is 20.4. The van der Waals surface area contributed by atoms with Crippen molar-refractivity contribution in [1.82, 2.24) is 4.98 Å². The Morgan fingerprint density at radius 3 is 2.11 bits per heavy atom. The number of pyridine rings is 2. The average Bonchev–Trinajstić information content (AvgIpc) is 2.67. The van der Waals surface area contributed by atoms with Gasteiger partial charge in [-0.2, -0.15) is 13.2 Å². The third-order valence-electron chi connectivity index (χ3n) is 3.85. The zero-order valence-corrected chi connectivity index (χ0v) is 15.0. The number of aromatic nitrogens is 2. The fraction of sp³-hybridized carbons (Fsp3) is 0.0526. The number of aromatic amines is 1. The lowest BCUT2D eigenvalue weighted by Gasteiger charge is -2.08. The number of H-pyrrole nitrogens is 1. The average molecular weight is 406 g/mol. The van der Waals surface area contributed by atoms with E-state index in [-0.39, 0.29) is 0 Å². The van der Waals surface area contributed by atoms with Crippen LogP contribution in [0, 0.1) is 0 Å². The SMILES string of the molecule is O=S(=O)([O-])C(F)(F)F.c1ccc(-c2ccc3ccc4ccc[nH+]c4c3n2)cc1. The van der Waals surface area contributed by atoms with Gasteiger partial charge >= 0.3 is 5.51 Å². The molecule has 2 heterocycles. The number of fused-ring (bicyclic) bond motifs is 3. The highest BCUT2D eigenvalue weighted by Crippen LogP contribution is 2.24. The Morgan fingerprint density at radius 2 is 1.46 bits per heavy atom. The molecule has 9 heteroatoms. The molecule has 4 aromatic rings. The number of benzene rings is 2. The fourth-order valence-corrected chi connectivity index (χ4v) is 2.55. The highest BCUT2D eigenvalue weighted by molar-refractivity contribution is 7.86. The van der Waals surface area contributed by atoms with Crippen molar-refractivity contribution in [2.75, 3.05) is 0 Å². The monoisotopic (exact) mass is 406 g/mol. The second-order valence-corrected chi connectivity index (χ2v) is 7.11. The number of hydrogen-bond acceptors (Lipinski definition) is 4. The first-order valence-electron chi connectivity index (χ1n) is 7.94. The Morgan fingerprint density at radius 1 is 0.857 bits per heavy atom. The van der Waals surface area contributed by atoms with Gasteiger partial charge in [-0.05, 0) is 18.2 Å². The molecular weight excluding hydrogens is 393 g/mol. The molecule has 0 saturated heterocycles. The first kappa shape index (κ1) is 19.7. The molecule has 0 aliphatic heterocycles. The Hall–Kier alpha value is -3.04. The van der Waals surface area contributed by atoms with Crippen molar-refractivity contribution in [2.45, 2.75) is 5.51 Å². The van der Waals surface area contributed by atoms with E-state index in [9.17, 15) is 13.2 Å². The van der Waals surface area contributed by atoms with Gasteiger partial charge in [-0.3, -0.25) is 0 Å². The van der Waals surface area contributed by atoms with Crippen molar-refractivity contribution in [2.24, 2.45) is 0 Å². The van der Waals surface area contributed by atoms with Crippen molar-refractivity contribution in [3.63, 3.8) is 0 Å². The molecule has 0 unspecified atom stereocenters. The summed E-state index contributed by atoms with van der Waals surface area (Å²) in [6.45, 7) is 0. The molecule has 1 N–H and O–H groups in total. The number of nitrogens with zero attached hydrogens (tertiary/aromatic N) is 1. The normalized spacial score (nSPS) is 11.9. The first-order chi connectivity index (χ1) is 13.2. The predicted molar refractivity (Wildman–Crippen MR) is 97.0 cm³/mol. The molecule has 0 fully saturated rings. The Balaban J connectivity index is 0.000000242. The molecular formula is C19H13F3N2O3S. The Labute approximate surface area is 158 Å². The summed E-state index contributed by atoms with van der Waals surface area (Å²) in [4.78, 5) is 8.15. The maximum atomic E-state index is 10.7. The van der Waals surface area contributed by atoms with Crippen LogP contribution in [0.4, 0.5) is 13.2 Å². The van der Waals surface area contributed by atoms with E-state index in [4.69, 9.17) is 18.0 Å². The van der Waals surface area contributed by atoms with Crippen LogP contribution in [0.25, 0.3) is 33.1 Å². The largest absolute Gasteiger partial charge is 0.741 e. The van der Waals surface area contributed by atoms with E-state index < -0.39 is 15.6 Å². The summed E-state index contributed by atoms with van der Waals surface area (Å²) in [5, 5.41) is 2.33. The first-order valence-corrected chi connectivity index (χ1v) is 9.35. The summed E-state index contributed by atoms with van der Waals surface area (Å²) >= 11 is 0. The van der Waals surface area contributed by atoms with Gasteiger partial charge in [-0.25, -0.2) is 18.4 Å². The van der Waals surface area contributed by atoms with Gasteiger partial charge in [0.1, 0.15) is 5.52 Å². The fourth-order valence-electron chi connectivity index (χ4n) is 2.55. The molecule has 0 aliphatic carbocycles. The molecule has 4 rings (SSSR count). The lowest BCUT2D eigenvalue weighted by molar-refractivity contribution is -0.343. The predicted octanol–water partition coefficient (Wildman–Crippen LogP) is 3.92. The molecule has 0 bridgehead atoms. The van der Waals surface area contributed by atoms with Crippen molar-refractivity contribution in [1.29, 1.82) is 0 Å². The highest BCUT2D eigenvalue weighted by atomic mass is 32.2. The minimum Gasteiger partial charge on any atom is -0.741 e. The van der Waals surface area contributed by atoms with E-state index in [0.29, 0.717) is 0 Å². The van der Waals surface area contributed by atoms with E-state index >= 15 is 0 Å². The quantitative estimate of drug-likeness (QED) is 0.272. The van der Waals surface area contributed by atoms with Crippen LogP contribution < -0.4 is 4.98 Å². The van der Waals surface area contributed by atoms with Crippen LogP contribution >= 0.6 is 0 Å². The van der Waals surface area contributed by atoms with E-state index in [1.807, 2.05) is 30.5 Å². The van der Waals surface area contributed by atoms with Crippen LogP contribution in [0.15, 0.2) is 72.9 Å². The molecule has 0 atom stereocenters. The van der Waals surface area contributed by atoms with E-state index in [2.05, 4.69) is 47.4 Å². The van der Waals surface area contributed by atoms with Gasteiger partial charge < -0.3 is 4.55 Å². The summed E-state index contributed by atoms with van der Waals surface area (Å²) in [6.07, 6.45) is 1.94. The van der Waals surface area contributed by atoms with Crippen molar-refractivity contribution in [3.05, 3.63) is 72.9 Å². The highest BCUT2D eigenvalue weighted by Gasteiger charge is 2.36. The summed E-state index contributed by atoms with van der Waals surface area (Å²) in [5.74, 6) is 0. The van der Waals surface area contributed by atoms with Gasteiger partial charge in [-0.15, -0.1) is 0 Å². The van der Waals surface area contributed by atoms with Gasteiger partial charge in [0.15, 0.2) is 16.3 Å². The third-order valence-corrected chi connectivity index (χ3v) is 4.41. The van der Waals surface area contributed by atoms with Gasteiger partial charge in [0.05, 0.1) is 5.69 Å². The van der Waals surface area contributed by atoms with Crippen LogP contribution in [0.2, 0.25) is 0 Å². The van der Waals surface area contributed by atoms with Gasteiger partial charge in [-0.1, -0.05) is 42.5 Å². The van der Waals surface area contributed by atoms with Gasteiger partial charge in [0, 0.05) is 22.4 Å². The smallest absolute Gasteiger partial charge is 0.485 e. The molecule has 28 heavy (non-hydrogen) atoms. The van der Waals surface area contributed by atoms with Crippen molar-refractivity contribution < 1.29 is 31.1 Å². The summed E-state index contributed by atoms with van der Waals surface area (Å²) in [6, 6.07) is 22.8. The lowest BCUT2D eigenvalue weighted by atomic mass is 10.1. The summed E-state index contributed by atoms with van der Waals surface area (Å²) in [7, 11) is -6.09. The molecule has 0 radical (unpaired) electrons. The standard InChI is InChI=1S/C18H12N2.CHF3O3S/c1-2-5-13(6-3-1)16-11-10-15-9-8-14-7-4-12-19-17(14)18(15)20-16;2-1(3,4)8(5,6)7/h1-12H;(H,5,6,7). The lowest BCUT2D eigenvalue weighted by Crippen LogP contribution is -2.21. The van der Waals surface area contributed by atoms with Crippen LogP contribution in [0.1, 0.15) is 0 Å². The van der Waals surface area contributed by atoms with Crippen LogP contribution in [-0.4, -0.2) is 23.5 Å². The number of rotatable bonds is 1. The summed E-state index contributed by atoms with van der Waals surface area (Å²) < 4.78 is 58.9. The molecule has 0 spiro atoms. The topological polar surface area (TPSA) is 84.2 Å². The molecule has 0 saturated carbocycles. The molecule has 0 aliphatic rings. The zero-order valence-electron chi connectivity index (χ0n) is 14.1. The number of hydrogen-bond donors (Lipinski definition) is 0. The number of nitrogens with one attached hydrogen (secondary N) is 1. The second kappa shape index (κ2) is 7.53. The minimum absolute atomic E-state index is 1.00. The van der Waals surface area contributed by atoms with E-state index in [1.165, 1.54) is 5.39 Å². The van der Waals surface area contributed by atoms with Gasteiger partial charge in [0.2, 0.25) is 5.52 Å². The van der Waals surface area contributed by atoms with Crippen LogP contribution in [-0.2, 0) is 10.1 Å². The molecule has 0 amide bonds. The van der Waals surface area contributed by atoms with Crippen LogP contribution in [0.5, 0.6) is 0 Å². The third kappa shape index (κ3) is 4.26. The summed E-state index contributed by atoms with van der Waals surface area (Å²) in [5.41, 5.74) is -1.40. The van der Waals surface area contributed by atoms with Crippen molar-refractivity contribution >= 4 is 31.9 Å².